The number of nitrogen functional groups attached to an aromatic ring is 1. The lowest BCUT2D eigenvalue weighted by atomic mass is 10.2. The smallest absolute Gasteiger partial charge is 0.246 e. The van der Waals surface area contributed by atoms with Crippen molar-refractivity contribution in [2.24, 2.45) is 0 Å². The van der Waals surface area contributed by atoms with Crippen LogP contribution >= 0.6 is 11.6 Å². The number of halogens is 2. The summed E-state index contributed by atoms with van der Waals surface area (Å²) in [5.41, 5.74) is 5.08. The SMILES string of the molecule is Nc1cc(Cl)cc(S(=O)(=O)N2CCC[C@@H]2CO)c1F. The third-order valence-corrected chi connectivity index (χ3v) is 5.32. The number of hydrogen-bond donors (Lipinski definition) is 2. The molecule has 1 aromatic carbocycles. The van der Waals surface area contributed by atoms with Crippen molar-refractivity contribution in [1.82, 2.24) is 4.31 Å². The van der Waals surface area contributed by atoms with Crippen LogP contribution in [0.25, 0.3) is 0 Å². The van der Waals surface area contributed by atoms with Crippen LogP contribution in [0.2, 0.25) is 5.02 Å². The molecule has 0 amide bonds. The van der Waals surface area contributed by atoms with Gasteiger partial charge in [0.25, 0.3) is 0 Å². The largest absolute Gasteiger partial charge is 0.396 e. The second-order valence-electron chi connectivity index (χ2n) is 4.40. The van der Waals surface area contributed by atoms with Gasteiger partial charge in [0.2, 0.25) is 10.0 Å². The highest BCUT2D eigenvalue weighted by Crippen LogP contribution is 2.31. The Hall–Kier alpha value is -0.890. The molecule has 106 valence electrons. The van der Waals surface area contributed by atoms with Crippen molar-refractivity contribution in [3.05, 3.63) is 23.0 Å². The highest BCUT2D eigenvalue weighted by atomic mass is 35.5. The number of nitrogens with two attached hydrogens (primary N) is 1. The van der Waals surface area contributed by atoms with Crippen LogP contribution in [0.15, 0.2) is 17.0 Å². The summed E-state index contributed by atoms with van der Waals surface area (Å²) in [6.45, 7) is -0.0453. The Balaban J connectivity index is 2.51. The summed E-state index contributed by atoms with van der Waals surface area (Å²) in [6.07, 6.45) is 1.18. The molecule has 0 bridgehead atoms. The van der Waals surface area contributed by atoms with Gasteiger partial charge < -0.3 is 10.8 Å². The van der Waals surface area contributed by atoms with Crippen LogP contribution in [-0.2, 0) is 10.0 Å². The van der Waals surface area contributed by atoms with E-state index in [0.717, 1.165) is 16.4 Å². The predicted molar refractivity (Wildman–Crippen MR) is 69.8 cm³/mol. The number of nitrogens with zero attached hydrogens (tertiary/aromatic N) is 1. The molecule has 3 N–H and O–H groups in total. The highest BCUT2D eigenvalue weighted by molar-refractivity contribution is 7.89. The minimum Gasteiger partial charge on any atom is -0.396 e. The summed E-state index contributed by atoms with van der Waals surface area (Å²) >= 11 is 5.73. The van der Waals surface area contributed by atoms with E-state index >= 15 is 0 Å². The van der Waals surface area contributed by atoms with Crippen molar-refractivity contribution in [2.45, 2.75) is 23.8 Å². The molecule has 1 aliphatic rings. The van der Waals surface area contributed by atoms with E-state index in [1.54, 1.807) is 0 Å². The van der Waals surface area contributed by atoms with Gasteiger partial charge in [0.1, 0.15) is 4.90 Å². The van der Waals surface area contributed by atoms with E-state index in [4.69, 9.17) is 17.3 Å². The highest BCUT2D eigenvalue weighted by Gasteiger charge is 2.36. The molecule has 0 radical (unpaired) electrons. The van der Waals surface area contributed by atoms with Crippen molar-refractivity contribution >= 4 is 27.3 Å². The molecule has 1 aliphatic heterocycles. The van der Waals surface area contributed by atoms with E-state index in [1.165, 1.54) is 0 Å². The summed E-state index contributed by atoms with van der Waals surface area (Å²) in [5.74, 6) is -1.01. The van der Waals surface area contributed by atoms with Crippen molar-refractivity contribution in [3.63, 3.8) is 0 Å². The van der Waals surface area contributed by atoms with Crippen LogP contribution in [0.1, 0.15) is 12.8 Å². The number of aliphatic hydroxyl groups is 1. The number of aliphatic hydroxyl groups excluding tert-OH is 1. The van der Waals surface area contributed by atoms with Crippen LogP contribution in [-0.4, -0.2) is 37.0 Å². The fourth-order valence-electron chi connectivity index (χ4n) is 2.21. The molecule has 1 saturated heterocycles. The van der Waals surface area contributed by atoms with Gasteiger partial charge in [0, 0.05) is 17.6 Å². The Morgan fingerprint density at radius 3 is 2.84 bits per heavy atom. The average Bonchev–Trinajstić information content (AvgIpc) is 2.82. The Kier molecular flexibility index (Phi) is 4.00. The Morgan fingerprint density at radius 1 is 1.53 bits per heavy atom. The normalized spacial score (nSPS) is 20.9. The zero-order valence-electron chi connectivity index (χ0n) is 10.0. The molecule has 5 nitrogen and oxygen atoms in total. The van der Waals surface area contributed by atoms with Gasteiger partial charge in [-0.2, -0.15) is 4.31 Å². The van der Waals surface area contributed by atoms with E-state index in [9.17, 15) is 17.9 Å². The summed E-state index contributed by atoms with van der Waals surface area (Å²) in [7, 11) is -4.04. The lowest BCUT2D eigenvalue weighted by molar-refractivity contribution is 0.213. The van der Waals surface area contributed by atoms with Gasteiger partial charge in [-0.3, -0.25) is 0 Å². The fourth-order valence-corrected chi connectivity index (χ4v) is 4.30. The van der Waals surface area contributed by atoms with Crippen LogP contribution in [0.3, 0.4) is 0 Å². The van der Waals surface area contributed by atoms with Gasteiger partial charge in [0.15, 0.2) is 5.82 Å². The molecule has 0 aromatic heterocycles. The lowest BCUT2D eigenvalue weighted by Gasteiger charge is -2.23. The molecule has 0 unspecified atom stereocenters. The van der Waals surface area contributed by atoms with Gasteiger partial charge in [-0.05, 0) is 25.0 Å². The standard InChI is InChI=1S/C11H14ClFN2O3S/c12-7-4-9(14)11(13)10(5-7)19(17,18)15-3-1-2-8(15)6-16/h4-5,8,16H,1-3,6,14H2/t8-/m1/s1. The maximum Gasteiger partial charge on any atom is 0.246 e. The summed E-state index contributed by atoms with van der Waals surface area (Å²) in [4.78, 5) is -0.544. The van der Waals surface area contributed by atoms with E-state index < -0.39 is 26.8 Å². The third kappa shape index (κ3) is 2.55. The van der Waals surface area contributed by atoms with Crippen LogP contribution in [0.5, 0.6) is 0 Å². The number of hydrogen-bond acceptors (Lipinski definition) is 4. The van der Waals surface area contributed by atoms with E-state index in [0.29, 0.717) is 12.8 Å². The van der Waals surface area contributed by atoms with Crippen LogP contribution in [0.4, 0.5) is 10.1 Å². The van der Waals surface area contributed by atoms with E-state index in [1.807, 2.05) is 0 Å². The van der Waals surface area contributed by atoms with E-state index in [2.05, 4.69) is 0 Å². The molecular formula is C11H14ClFN2O3S. The summed E-state index contributed by atoms with van der Waals surface area (Å²) < 4.78 is 39.8. The monoisotopic (exact) mass is 308 g/mol. The quantitative estimate of drug-likeness (QED) is 0.822. The number of benzene rings is 1. The maximum atomic E-state index is 13.9. The van der Waals surface area contributed by atoms with Gasteiger partial charge in [-0.15, -0.1) is 0 Å². The van der Waals surface area contributed by atoms with E-state index in [-0.39, 0.29) is 23.9 Å². The molecular weight excluding hydrogens is 295 g/mol. The molecule has 8 heteroatoms. The van der Waals surface area contributed by atoms with Crippen LogP contribution < -0.4 is 5.73 Å². The minimum absolute atomic E-state index is 0.0530. The number of sulfonamides is 1. The Morgan fingerprint density at radius 2 is 2.21 bits per heavy atom. The van der Waals surface area contributed by atoms with Gasteiger partial charge >= 0.3 is 0 Å². The molecule has 1 heterocycles. The first-order chi connectivity index (χ1) is 8.87. The molecule has 2 rings (SSSR count). The number of rotatable bonds is 3. The Bertz CT molecular complexity index is 594. The first-order valence-corrected chi connectivity index (χ1v) is 7.57. The van der Waals surface area contributed by atoms with Gasteiger partial charge in [-0.1, -0.05) is 11.6 Å². The third-order valence-electron chi connectivity index (χ3n) is 3.15. The second kappa shape index (κ2) is 5.24. The maximum absolute atomic E-state index is 13.9. The topological polar surface area (TPSA) is 83.6 Å². The molecule has 1 fully saturated rings. The van der Waals surface area contributed by atoms with Gasteiger partial charge in [-0.25, -0.2) is 12.8 Å². The number of anilines is 1. The molecule has 1 aromatic rings. The average molecular weight is 309 g/mol. The van der Waals surface area contributed by atoms with Crippen LogP contribution in [0, 0.1) is 5.82 Å². The second-order valence-corrected chi connectivity index (χ2v) is 6.70. The predicted octanol–water partition coefficient (Wildman–Crippen LogP) is 1.21. The zero-order chi connectivity index (χ0) is 14.2. The van der Waals surface area contributed by atoms with Crippen molar-refractivity contribution in [3.8, 4) is 0 Å². The minimum atomic E-state index is -4.04. The van der Waals surface area contributed by atoms with Crippen molar-refractivity contribution in [2.75, 3.05) is 18.9 Å². The summed E-state index contributed by atoms with van der Waals surface area (Å²) in [5, 5.41) is 9.23. The first kappa shape index (κ1) is 14.5. The lowest BCUT2D eigenvalue weighted by Crippen LogP contribution is -2.38. The molecule has 19 heavy (non-hydrogen) atoms. The zero-order valence-corrected chi connectivity index (χ0v) is 11.6. The molecule has 1 atom stereocenters. The molecule has 0 spiro atoms. The fraction of sp³-hybridized carbons (Fsp3) is 0.455. The van der Waals surface area contributed by atoms with Crippen molar-refractivity contribution in [1.29, 1.82) is 0 Å². The molecule has 0 aliphatic carbocycles. The summed E-state index contributed by atoms with van der Waals surface area (Å²) in [6, 6.07) is 1.67. The Labute approximate surface area is 115 Å². The first-order valence-electron chi connectivity index (χ1n) is 5.75. The molecule has 0 saturated carbocycles. The van der Waals surface area contributed by atoms with Gasteiger partial charge in [0.05, 0.1) is 12.3 Å². The van der Waals surface area contributed by atoms with Crippen molar-refractivity contribution < 1.29 is 17.9 Å².